The van der Waals surface area contributed by atoms with Crippen LogP contribution < -0.4 is 15.6 Å². The second-order valence-electron chi connectivity index (χ2n) is 6.65. The van der Waals surface area contributed by atoms with Gasteiger partial charge in [-0.3, -0.25) is 4.79 Å². The van der Waals surface area contributed by atoms with Crippen LogP contribution in [0.3, 0.4) is 0 Å². The Labute approximate surface area is 171 Å². The van der Waals surface area contributed by atoms with E-state index in [0.29, 0.717) is 28.2 Å². The molecule has 2 aromatic carbocycles. The first kappa shape index (κ1) is 19.4. The molecule has 4 rings (SSSR count). The predicted molar refractivity (Wildman–Crippen MR) is 109 cm³/mol. The van der Waals surface area contributed by atoms with Gasteiger partial charge in [-0.1, -0.05) is 18.2 Å². The van der Waals surface area contributed by atoms with Gasteiger partial charge in [-0.2, -0.15) is 0 Å². The number of furan rings is 1. The van der Waals surface area contributed by atoms with Crippen LogP contribution in [-0.4, -0.2) is 13.0 Å². The number of amides is 1. The molecule has 0 fully saturated rings. The Bertz CT molecular complexity index is 1280. The number of nitrogens with one attached hydrogen (secondary N) is 1. The number of nitrogens with zero attached hydrogens (tertiary/aromatic N) is 1. The fraction of sp³-hybridized carbons (Fsp3) is 0.130. The third kappa shape index (κ3) is 3.96. The van der Waals surface area contributed by atoms with Crippen LogP contribution in [0.4, 0.5) is 10.1 Å². The number of para-hydroxylation sites is 1. The standard InChI is InChI=1S/C23H19FN2O4/c1-14-8-9-16(24)12-19(14)26-23-18(22(27)25-13-17-6-4-10-29-17)11-15-5-3-7-20(28-2)21(15)30-23/h3-12H,13H2,1-2H3,(H,25,27). The second-order valence-corrected chi connectivity index (χ2v) is 6.65. The Hall–Kier alpha value is -3.87. The number of methoxy groups -OCH3 is 1. The Morgan fingerprint density at radius 3 is 2.80 bits per heavy atom. The van der Waals surface area contributed by atoms with Gasteiger partial charge in [0.25, 0.3) is 5.91 Å². The second kappa shape index (κ2) is 8.24. The zero-order valence-corrected chi connectivity index (χ0v) is 16.4. The highest BCUT2D eigenvalue weighted by Gasteiger charge is 2.15. The van der Waals surface area contributed by atoms with Crippen LogP contribution in [0, 0.1) is 12.7 Å². The molecule has 4 aromatic rings. The normalized spacial score (nSPS) is 11.6. The van der Waals surface area contributed by atoms with E-state index in [9.17, 15) is 9.18 Å². The molecular formula is C23H19FN2O4. The average Bonchev–Trinajstić information content (AvgIpc) is 3.27. The van der Waals surface area contributed by atoms with E-state index < -0.39 is 11.7 Å². The molecule has 0 aliphatic rings. The molecule has 0 radical (unpaired) electrons. The van der Waals surface area contributed by atoms with Crippen LogP contribution in [0.25, 0.3) is 11.0 Å². The van der Waals surface area contributed by atoms with E-state index in [-0.39, 0.29) is 17.7 Å². The molecule has 6 nitrogen and oxygen atoms in total. The number of carbonyl (C=O) groups is 1. The third-order valence-corrected chi connectivity index (χ3v) is 4.60. The number of hydrogen-bond donors (Lipinski definition) is 1. The molecule has 30 heavy (non-hydrogen) atoms. The maximum atomic E-state index is 13.8. The van der Waals surface area contributed by atoms with Crippen molar-refractivity contribution in [3.05, 3.63) is 89.1 Å². The van der Waals surface area contributed by atoms with Gasteiger partial charge in [0.05, 0.1) is 25.6 Å². The quantitative estimate of drug-likeness (QED) is 0.524. The first-order valence-electron chi connectivity index (χ1n) is 9.27. The molecular weight excluding hydrogens is 387 g/mol. The molecule has 0 atom stereocenters. The minimum Gasteiger partial charge on any atom is -0.493 e. The van der Waals surface area contributed by atoms with E-state index in [4.69, 9.17) is 13.6 Å². The molecule has 0 unspecified atom stereocenters. The predicted octanol–water partition coefficient (Wildman–Crippen LogP) is 4.64. The van der Waals surface area contributed by atoms with Crippen molar-refractivity contribution in [1.82, 2.24) is 5.32 Å². The smallest absolute Gasteiger partial charge is 0.257 e. The highest BCUT2D eigenvalue weighted by Crippen LogP contribution is 2.25. The molecule has 152 valence electrons. The van der Waals surface area contributed by atoms with Crippen molar-refractivity contribution in [2.45, 2.75) is 13.5 Å². The Kier molecular flexibility index (Phi) is 5.34. The molecule has 7 heteroatoms. The zero-order chi connectivity index (χ0) is 21.1. The van der Waals surface area contributed by atoms with Crippen molar-refractivity contribution < 1.29 is 22.8 Å². The van der Waals surface area contributed by atoms with Crippen LogP contribution >= 0.6 is 0 Å². The summed E-state index contributed by atoms with van der Waals surface area (Å²) in [4.78, 5) is 17.4. The van der Waals surface area contributed by atoms with E-state index >= 15 is 0 Å². The maximum absolute atomic E-state index is 13.8. The van der Waals surface area contributed by atoms with Crippen molar-refractivity contribution in [1.29, 1.82) is 0 Å². The van der Waals surface area contributed by atoms with E-state index in [1.807, 2.05) is 6.07 Å². The van der Waals surface area contributed by atoms with Crippen LogP contribution in [-0.2, 0) is 6.54 Å². The zero-order valence-electron chi connectivity index (χ0n) is 16.4. The van der Waals surface area contributed by atoms with Gasteiger partial charge in [-0.05, 0) is 48.9 Å². The van der Waals surface area contributed by atoms with E-state index in [0.717, 1.165) is 5.56 Å². The van der Waals surface area contributed by atoms with Gasteiger partial charge in [0.1, 0.15) is 17.1 Å². The van der Waals surface area contributed by atoms with Gasteiger partial charge in [0, 0.05) is 5.39 Å². The molecule has 0 spiro atoms. The number of aryl methyl sites for hydroxylation is 1. The van der Waals surface area contributed by atoms with Crippen molar-refractivity contribution in [2.75, 3.05) is 7.11 Å². The number of fused-ring (bicyclic) bond motifs is 1. The molecule has 0 saturated heterocycles. The number of ether oxygens (including phenoxy) is 1. The number of carbonyl (C=O) groups excluding carboxylic acids is 1. The summed E-state index contributed by atoms with van der Waals surface area (Å²) in [5.41, 5.74) is 1.82. The number of hydrogen-bond acceptors (Lipinski definition) is 5. The lowest BCUT2D eigenvalue weighted by molar-refractivity contribution is 0.0944. The summed E-state index contributed by atoms with van der Waals surface area (Å²) in [5, 5.41) is 3.46. The van der Waals surface area contributed by atoms with E-state index in [1.54, 1.807) is 43.3 Å². The summed E-state index contributed by atoms with van der Waals surface area (Å²) in [6.07, 6.45) is 1.53. The summed E-state index contributed by atoms with van der Waals surface area (Å²) < 4.78 is 30.4. The Balaban J connectivity index is 1.86. The lowest BCUT2D eigenvalue weighted by Crippen LogP contribution is -2.28. The van der Waals surface area contributed by atoms with Crippen molar-refractivity contribution in [3.63, 3.8) is 0 Å². The molecule has 2 heterocycles. The number of rotatable bonds is 5. The summed E-state index contributed by atoms with van der Waals surface area (Å²) in [6, 6.07) is 14.8. The third-order valence-electron chi connectivity index (χ3n) is 4.60. The van der Waals surface area contributed by atoms with Crippen molar-refractivity contribution in [3.8, 4) is 5.75 Å². The van der Waals surface area contributed by atoms with Gasteiger partial charge in [0.2, 0.25) is 5.55 Å². The fourth-order valence-corrected chi connectivity index (χ4v) is 3.02. The van der Waals surface area contributed by atoms with Gasteiger partial charge in [0.15, 0.2) is 11.3 Å². The summed E-state index contributed by atoms with van der Waals surface area (Å²) in [5.74, 6) is 0.291. The maximum Gasteiger partial charge on any atom is 0.257 e. The average molecular weight is 406 g/mol. The monoisotopic (exact) mass is 406 g/mol. The van der Waals surface area contributed by atoms with Gasteiger partial charge in [-0.25, -0.2) is 9.38 Å². The summed E-state index contributed by atoms with van der Waals surface area (Å²) >= 11 is 0. The molecule has 0 aliphatic heterocycles. The summed E-state index contributed by atoms with van der Waals surface area (Å²) in [7, 11) is 1.53. The van der Waals surface area contributed by atoms with E-state index in [1.165, 1.54) is 25.5 Å². The lowest BCUT2D eigenvalue weighted by Gasteiger charge is -2.08. The Morgan fingerprint density at radius 2 is 2.03 bits per heavy atom. The SMILES string of the molecule is COc1cccc2cc(C(=O)NCc3ccco3)c(=Nc3cc(F)ccc3C)oc12. The van der Waals surface area contributed by atoms with Crippen molar-refractivity contribution in [2.24, 2.45) is 4.99 Å². The largest absolute Gasteiger partial charge is 0.493 e. The van der Waals surface area contributed by atoms with Crippen LogP contribution in [0.5, 0.6) is 5.75 Å². The van der Waals surface area contributed by atoms with Crippen LogP contribution in [0.15, 0.2) is 74.7 Å². The van der Waals surface area contributed by atoms with Crippen LogP contribution in [0.1, 0.15) is 21.7 Å². The van der Waals surface area contributed by atoms with Crippen molar-refractivity contribution >= 4 is 22.6 Å². The lowest BCUT2D eigenvalue weighted by atomic mass is 10.1. The molecule has 1 N–H and O–H groups in total. The molecule has 0 bridgehead atoms. The minimum atomic E-state index is -0.429. The molecule has 2 aromatic heterocycles. The van der Waals surface area contributed by atoms with Crippen LogP contribution in [0.2, 0.25) is 0 Å². The topological polar surface area (TPSA) is 77.0 Å². The summed E-state index contributed by atoms with van der Waals surface area (Å²) in [6.45, 7) is 2.01. The minimum absolute atomic E-state index is 0.0534. The Morgan fingerprint density at radius 1 is 1.17 bits per heavy atom. The van der Waals surface area contributed by atoms with Gasteiger partial charge in [-0.15, -0.1) is 0 Å². The number of halogens is 1. The van der Waals surface area contributed by atoms with Gasteiger partial charge >= 0.3 is 0 Å². The first-order valence-corrected chi connectivity index (χ1v) is 9.27. The van der Waals surface area contributed by atoms with Gasteiger partial charge < -0.3 is 18.9 Å². The first-order chi connectivity index (χ1) is 14.5. The highest BCUT2D eigenvalue weighted by atomic mass is 19.1. The highest BCUT2D eigenvalue weighted by molar-refractivity contribution is 5.97. The number of benzene rings is 2. The van der Waals surface area contributed by atoms with E-state index in [2.05, 4.69) is 10.3 Å². The fourth-order valence-electron chi connectivity index (χ4n) is 3.02. The molecule has 0 saturated carbocycles. The molecule has 0 aliphatic carbocycles. The molecule has 1 amide bonds.